The molecule has 1 heterocycles. The van der Waals surface area contributed by atoms with Gasteiger partial charge in [0.05, 0.1) is 5.02 Å². The normalized spacial score (nSPS) is 10.3. The van der Waals surface area contributed by atoms with Crippen molar-refractivity contribution in [3.05, 3.63) is 51.2 Å². The van der Waals surface area contributed by atoms with Crippen molar-refractivity contribution in [3.63, 3.8) is 0 Å². The molecule has 0 aliphatic heterocycles. The third-order valence-electron chi connectivity index (χ3n) is 2.22. The summed E-state index contributed by atoms with van der Waals surface area (Å²) < 4.78 is 12.9. The fourth-order valence-electron chi connectivity index (χ4n) is 1.37. The number of carbonyl (C=O) groups is 1. The SMILES string of the molecule is O=C(O)c1cnc(-c2ccc(F)cc2Cl)[nH]c1=O. The molecular weight excluding hydrogens is 263 g/mol. The van der Waals surface area contributed by atoms with Crippen molar-refractivity contribution >= 4 is 17.6 Å². The van der Waals surface area contributed by atoms with Crippen LogP contribution in [0, 0.1) is 5.82 Å². The van der Waals surface area contributed by atoms with E-state index in [1.807, 2.05) is 0 Å². The van der Waals surface area contributed by atoms with Gasteiger partial charge in [-0.3, -0.25) is 4.79 Å². The number of H-pyrrole nitrogens is 1. The molecule has 0 unspecified atom stereocenters. The molecule has 7 heteroatoms. The number of rotatable bonds is 2. The minimum atomic E-state index is -1.37. The van der Waals surface area contributed by atoms with Crippen molar-refractivity contribution in [1.29, 1.82) is 0 Å². The molecule has 0 aliphatic rings. The lowest BCUT2D eigenvalue weighted by molar-refractivity contribution is 0.0694. The molecule has 0 atom stereocenters. The van der Waals surface area contributed by atoms with Crippen LogP contribution in [0.1, 0.15) is 10.4 Å². The van der Waals surface area contributed by atoms with Gasteiger partial charge >= 0.3 is 5.97 Å². The van der Waals surface area contributed by atoms with Gasteiger partial charge in [-0.25, -0.2) is 14.2 Å². The van der Waals surface area contributed by atoms with Crippen LogP contribution in [-0.2, 0) is 0 Å². The number of benzene rings is 1. The van der Waals surface area contributed by atoms with Crippen LogP contribution >= 0.6 is 11.6 Å². The van der Waals surface area contributed by atoms with Crippen molar-refractivity contribution in [2.75, 3.05) is 0 Å². The van der Waals surface area contributed by atoms with Crippen LogP contribution in [0.3, 0.4) is 0 Å². The van der Waals surface area contributed by atoms with Crippen LogP contribution in [0.5, 0.6) is 0 Å². The Hall–Kier alpha value is -2.21. The molecule has 5 nitrogen and oxygen atoms in total. The Morgan fingerprint density at radius 2 is 2.17 bits per heavy atom. The number of hydrogen-bond donors (Lipinski definition) is 2. The number of hydrogen-bond acceptors (Lipinski definition) is 3. The fourth-order valence-corrected chi connectivity index (χ4v) is 1.62. The highest BCUT2D eigenvalue weighted by Gasteiger charge is 2.12. The van der Waals surface area contributed by atoms with Gasteiger partial charge < -0.3 is 10.1 Å². The van der Waals surface area contributed by atoms with Gasteiger partial charge in [0.2, 0.25) is 0 Å². The zero-order valence-electron chi connectivity index (χ0n) is 8.78. The summed E-state index contributed by atoms with van der Waals surface area (Å²) in [6.07, 6.45) is 0.927. The number of aromatic carboxylic acids is 1. The number of aromatic amines is 1. The van der Waals surface area contributed by atoms with E-state index in [0.29, 0.717) is 5.56 Å². The maximum atomic E-state index is 12.9. The average Bonchev–Trinajstić information content (AvgIpc) is 2.28. The Balaban J connectivity index is 2.56. The Morgan fingerprint density at radius 3 is 2.72 bits per heavy atom. The minimum Gasteiger partial charge on any atom is -0.477 e. The highest BCUT2D eigenvalue weighted by molar-refractivity contribution is 6.33. The lowest BCUT2D eigenvalue weighted by Gasteiger charge is -2.03. The molecule has 92 valence electrons. The number of nitrogens with zero attached hydrogens (tertiary/aromatic N) is 1. The van der Waals surface area contributed by atoms with Gasteiger partial charge in [0.25, 0.3) is 5.56 Å². The van der Waals surface area contributed by atoms with E-state index in [4.69, 9.17) is 16.7 Å². The average molecular weight is 269 g/mol. The molecule has 0 saturated heterocycles. The summed E-state index contributed by atoms with van der Waals surface area (Å²) in [7, 11) is 0. The van der Waals surface area contributed by atoms with E-state index in [-0.39, 0.29) is 10.8 Å². The van der Waals surface area contributed by atoms with Gasteiger partial charge in [-0.1, -0.05) is 11.6 Å². The molecule has 0 bridgehead atoms. The zero-order chi connectivity index (χ0) is 13.3. The van der Waals surface area contributed by atoms with Gasteiger partial charge in [0, 0.05) is 11.8 Å². The molecule has 2 rings (SSSR count). The molecule has 2 N–H and O–H groups in total. The number of aromatic nitrogens is 2. The fraction of sp³-hybridized carbons (Fsp3) is 0. The first kappa shape index (κ1) is 12.3. The van der Waals surface area contributed by atoms with Crippen LogP contribution in [0.15, 0.2) is 29.2 Å². The Bertz CT molecular complexity index is 684. The largest absolute Gasteiger partial charge is 0.477 e. The van der Waals surface area contributed by atoms with E-state index in [1.165, 1.54) is 6.07 Å². The van der Waals surface area contributed by atoms with E-state index < -0.39 is 22.9 Å². The van der Waals surface area contributed by atoms with E-state index in [2.05, 4.69) is 9.97 Å². The third kappa shape index (κ3) is 2.23. The summed E-state index contributed by atoms with van der Waals surface area (Å²) in [5.74, 6) is -1.82. The highest BCUT2D eigenvalue weighted by Crippen LogP contribution is 2.24. The smallest absolute Gasteiger partial charge is 0.342 e. The second-order valence-corrected chi connectivity index (χ2v) is 3.81. The molecule has 0 aliphatic carbocycles. The van der Waals surface area contributed by atoms with Crippen molar-refractivity contribution in [2.45, 2.75) is 0 Å². The first-order valence-electron chi connectivity index (χ1n) is 4.77. The Labute approximate surface area is 105 Å². The number of halogens is 2. The Morgan fingerprint density at radius 1 is 1.44 bits per heavy atom. The quantitative estimate of drug-likeness (QED) is 0.872. The van der Waals surface area contributed by atoms with Crippen molar-refractivity contribution in [3.8, 4) is 11.4 Å². The molecule has 0 fully saturated rings. The van der Waals surface area contributed by atoms with Gasteiger partial charge in [0.15, 0.2) is 0 Å². The van der Waals surface area contributed by atoms with Crippen LogP contribution < -0.4 is 5.56 Å². The molecule has 0 radical (unpaired) electrons. The Kier molecular flexibility index (Phi) is 3.12. The third-order valence-corrected chi connectivity index (χ3v) is 2.53. The van der Waals surface area contributed by atoms with Gasteiger partial charge in [-0.15, -0.1) is 0 Å². The monoisotopic (exact) mass is 268 g/mol. The topological polar surface area (TPSA) is 83.0 Å². The predicted molar refractivity (Wildman–Crippen MR) is 62.2 cm³/mol. The molecular formula is C11H6ClFN2O3. The van der Waals surface area contributed by atoms with E-state index in [0.717, 1.165) is 18.3 Å². The number of nitrogens with one attached hydrogen (secondary N) is 1. The first-order valence-corrected chi connectivity index (χ1v) is 5.15. The molecule has 1 aromatic carbocycles. The molecule has 18 heavy (non-hydrogen) atoms. The summed E-state index contributed by atoms with van der Waals surface area (Å²) in [6, 6.07) is 3.57. The number of carboxylic acid groups (broad SMARTS) is 1. The number of carboxylic acids is 1. The van der Waals surface area contributed by atoms with Crippen molar-refractivity contribution in [2.24, 2.45) is 0 Å². The summed E-state index contributed by atoms with van der Waals surface area (Å²) in [5.41, 5.74) is -0.961. The van der Waals surface area contributed by atoms with Gasteiger partial charge in [0.1, 0.15) is 17.2 Å². The van der Waals surface area contributed by atoms with Crippen LogP contribution in [0.25, 0.3) is 11.4 Å². The molecule has 0 amide bonds. The van der Waals surface area contributed by atoms with E-state index in [1.54, 1.807) is 0 Å². The summed E-state index contributed by atoms with van der Waals surface area (Å²) in [6.45, 7) is 0. The second-order valence-electron chi connectivity index (χ2n) is 3.40. The maximum absolute atomic E-state index is 12.9. The van der Waals surface area contributed by atoms with Crippen LogP contribution in [0.2, 0.25) is 5.02 Å². The summed E-state index contributed by atoms with van der Waals surface area (Å²) in [5, 5.41) is 8.75. The molecule has 0 spiro atoms. The van der Waals surface area contributed by atoms with E-state index >= 15 is 0 Å². The standard InChI is InChI=1S/C11H6ClFN2O3/c12-8-3-5(13)1-2-6(8)9-14-4-7(11(17)18)10(16)15-9/h1-4H,(H,17,18)(H,14,15,16). The van der Waals surface area contributed by atoms with Crippen LogP contribution in [0.4, 0.5) is 4.39 Å². The predicted octanol–water partition coefficient (Wildman–Crippen LogP) is 1.93. The maximum Gasteiger partial charge on any atom is 0.342 e. The van der Waals surface area contributed by atoms with E-state index in [9.17, 15) is 14.0 Å². The minimum absolute atomic E-state index is 0.0706. The first-order chi connectivity index (χ1) is 8.49. The van der Waals surface area contributed by atoms with Crippen LogP contribution in [-0.4, -0.2) is 21.0 Å². The van der Waals surface area contributed by atoms with Gasteiger partial charge in [-0.2, -0.15) is 0 Å². The lowest BCUT2D eigenvalue weighted by atomic mass is 10.2. The summed E-state index contributed by atoms with van der Waals surface area (Å²) >= 11 is 5.80. The molecule has 0 saturated carbocycles. The molecule has 1 aromatic heterocycles. The zero-order valence-corrected chi connectivity index (χ0v) is 9.53. The van der Waals surface area contributed by atoms with Crippen molar-refractivity contribution in [1.82, 2.24) is 9.97 Å². The second kappa shape index (κ2) is 4.58. The summed E-state index contributed by atoms with van der Waals surface area (Å²) in [4.78, 5) is 28.1. The van der Waals surface area contributed by atoms with Gasteiger partial charge in [-0.05, 0) is 18.2 Å². The van der Waals surface area contributed by atoms with Crippen molar-refractivity contribution < 1.29 is 14.3 Å². The highest BCUT2D eigenvalue weighted by atomic mass is 35.5. The molecule has 2 aromatic rings. The lowest BCUT2D eigenvalue weighted by Crippen LogP contribution is -2.18.